The summed E-state index contributed by atoms with van der Waals surface area (Å²) in [6.07, 6.45) is 0. The van der Waals surface area contributed by atoms with Crippen LogP contribution in [0.1, 0.15) is 5.69 Å². The van der Waals surface area contributed by atoms with Crippen LogP contribution in [0.3, 0.4) is 0 Å². The maximum Gasteiger partial charge on any atom is 1.00 e. The van der Waals surface area contributed by atoms with Crippen LogP contribution >= 0.6 is 0 Å². The molecule has 0 bridgehead atoms. The molecule has 0 aromatic carbocycles. The normalized spacial score (nSPS) is 9.00. The zero-order valence-electron chi connectivity index (χ0n) is 6.92. The number of aromatic nitrogens is 2. The van der Waals surface area contributed by atoms with Gasteiger partial charge in [0.15, 0.2) is 0 Å². The Hall–Kier alpha value is -0.354. The van der Waals surface area contributed by atoms with Crippen molar-refractivity contribution in [3.05, 3.63) is 25.9 Å². The predicted molar refractivity (Wildman–Crippen MR) is 35.6 cm³/mol. The molecule has 1 aromatic rings. The third-order valence-corrected chi connectivity index (χ3v) is 1.20. The molecule has 1 heterocycles. The monoisotopic (exact) mass is 210 g/mol. The Balaban J connectivity index is 0.00000144. The van der Waals surface area contributed by atoms with E-state index in [0.29, 0.717) is 0 Å². The Kier molecular flexibility index (Phi) is 4.63. The number of nitrogens with zero attached hydrogens (tertiary/aromatic N) is 4. The Morgan fingerprint density at radius 2 is 1.85 bits per heavy atom. The zero-order chi connectivity index (χ0) is 9.30. The minimum Gasteiger partial charge on any atom is -0.452 e. The van der Waals surface area contributed by atoms with E-state index in [4.69, 9.17) is 0 Å². The van der Waals surface area contributed by atoms with E-state index in [9.17, 15) is 20.2 Å². The van der Waals surface area contributed by atoms with Crippen molar-refractivity contribution in [1.29, 1.82) is 0 Å². The summed E-state index contributed by atoms with van der Waals surface area (Å²) >= 11 is 0. The Morgan fingerprint density at radius 1 is 1.31 bits per heavy atom. The smallest absolute Gasteiger partial charge is 0.452 e. The molecule has 0 atom stereocenters. The molecule has 0 aliphatic carbocycles. The van der Waals surface area contributed by atoms with Gasteiger partial charge in [-0.3, -0.25) is 10.1 Å². The molecule has 0 radical (unpaired) electrons. The van der Waals surface area contributed by atoms with Gasteiger partial charge in [-0.25, -0.2) is 0 Å². The average molecular weight is 210 g/mol. The third kappa shape index (κ3) is 2.54. The summed E-state index contributed by atoms with van der Waals surface area (Å²) in [7, 11) is 0. The van der Waals surface area contributed by atoms with Crippen LogP contribution < -0.4 is 56.5 Å². The van der Waals surface area contributed by atoms with Gasteiger partial charge in [0.2, 0.25) is 0 Å². The van der Waals surface area contributed by atoms with Gasteiger partial charge in [-0.2, -0.15) is 0 Å². The molecule has 13 heavy (non-hydrogen) atoms. The first-order valence-electron chi connectivity index (χ1n) is 2.82. The van der Waals surface area contributed by atoms with Gasteiger partial charge >= 0.3 is 62.9 Å². The summed E-state index contributed by atoms with van der Waals surface area (Å²) in [5, 5.41) is 26.6. The maximum absolute atomic E-state index is 10.2. The van der Waals surface area contributed by atoms with Crippen LogP contribution in [0.15, 0.2) is 0 Å². The molecule has 0 saturated heterocycles. The number of nitro groups is 2. The van der Waals surface area contributed by atoms with E-state index in [1.54, 1.807) is 0 Å². The molecular weight excluding hydrogens is 207 g/mol. The second-order valence-corrected chi connectivity index (χ2v) is 1.97. The second kappa shape index (κ2) is 4.76. The van der Waals surface area contributed by atoms with Gasteiger partial charge in [0, 0.05) is 0 Å². The van der Waals surface area contributed by atoms with E-state index in [1.165, 1.54) is 6.92 Å². The quantitative estimate of drug-likeness (QED) is 0.295. The fourth-order valence-corrected chi connectivity index (χ4v) is 0.716. The minimum atomic E-state index is -0.932. The summed E-state index contributed by atoms with van der Waals surface area (Å²) in [5.74, 6) is -0.808. The van der Waals surface area contributed by atoms with Gasteiger partial charge in [-0.15, -0.1) is 5.10 Å². The molecule has 1 rings (SSSR count). The first-order valence-corrected chi connectivity index (χ1v) is 2.82. The SMILES string of the molecule is Cc1[n-]nc([N+](=O)[O-])c1[N+](=O)[O-].[K+]. The summed E-state index contributed by atoms with van der Waals surface area (Å²) < 4.78 is 0. The molecule has 0 amide bonds. The average Bonchev–Trinajstić information content (AvgIpc) is 2.30. The largest absolute Gasteiger partial charge is 1.00 e. The van der Waals surface area contributed by atoms with Gasteiger partial charge in [0.05, 0.1) is 4.92 Å². The molecule has 9 heteroatoms. The van der Waals surface area contributed by atoms with Crippen LogP contribution in [0.5, 0.6) is 0 Å². The van der Waals surface area contributed by atoms with Crippen LogP contribution in [-0.4, -0.2) is 14.9 Å². The predicted octanol–water partition coefficient (Wildman–Crippen LogP) is -2.83. The van der Waals surface area contributed by atoms with Crippen molar-refractivity contribution >= 4 is 11.5 Å². The van der Waals surface area contributed by atoms with Crippen LogP contribution in [0.2, 0.25) is 0 Å². The van der Waals surface area contributed by atoms with Crippen molar-refractivity contribution in [3.63, 3.8) is 0 Å². The van der Waals surface area contributed by atoms with Crippen molar-refractivity contribution in [2.45, 2.75) is 6.92 Å². The van der Waals surface area contributed by atoms with Crippen LogP contribution in [0.25, 0.3) is 0 Å². The number of hydrogen-bond acceptors (Lipinski definition) is 5. The molecule has 0 aliphatic rings. The minimum absolute atomic E-state index is 0. The Labute approximate surface area is 114 Å². The van der Waals surface area contributed by atoms with E-state index < -0.39 is 21.4 Å². The molecule has 64 valence electrons. The first kappa shape index (κ1) is 12.6. The van der Waals surface area contributed by atoms with Crippen molar-refractivity contribution in [1.82, 2.24) is 10.2 Å². The van der Waals surface area contributed by atoms with Crippen molar-refractivity contribution < 1.29 is 61.2 Å². The van der Waals surface area contributed by atoms with E-state index in [1.807, 2.05) is 0 Å². The van der Waals surface area contributed by atoms with Crippen molar-refractivity contribution in [2.24, 2.45) is 0 Å². The van der Waals surface area contributed by atoms with Gasteiger partial charge in [0.25, 0.3) is 0 Å². The molecule has 0 aliphatic heterocycles. The van der Waals surface area contributed by atoms with Gasteiger partial charge in [0.1, 0.15) is 0 Å². The van der Waals surface area contributed by atoms with Gasteiger partial charge in [-0.05, 0) is 10.6 Å². The van der Waals surface area contributed by atoms with E-state index in [0.717, 1.165) is 0 Å². The standard InChI is InChI=1S/C4H3N4O4.K/c1-2-3(7(9)10)4(6-5-2)8(11)12;/h1H3;/q-1;+1. The van der Waals surface area contributed by atoms with Crippen LogP contribution in [0, 0.1) is 27.2 Å². The molecule has 0 fully saturated rings. The van der Waals surface area contributed by atoms with Crippen LogP contribution in [-0.2, 0) is 0 Å². The molecular formula is C4H3KN4O4. The number of hydrogen-bond donors (Lipinski definition) is 0. The second-order valence-electron chi connectivity index (χ2n) is 1.97. The fraction of sp³-hybridized carbons (Fsp3) is 0.250. The molecule has 0 saturated carbocycles. The fourth-order valence-electron chi connectivity index (χ4n) is 0.716. The maximum atomic E-state index is 10.2. The summed E-state index contributed by atoms with van der Waals surface area (Å²) in [4.78, 5) is 18.6. The molecule has 0 N–H and O–H groups in total. The Morgan fingerprint density at radius 3 is 2.15 bits per heavy atom. The summed E-state index contributed by atoms with van der Waals surface area (Å²) in [6.45, 7) is 1.29. The molecule has 1 aromatic heterocycles. The Bertz CT molecular complexity index is 348. The third-order valence-electron chi connectivity index (χ3n) is 1.20. The van der Waals surface area contributed by atoms with Gasteiger partial charge in [-0.1, -0.05) is 6.92 Å². The van der Waals surface area contributed by atoms with Crippen molar-refractivity contribution in [3.8, 4) is 0 Å². The number of aryl methyl sites for hydroxylation is 1. The molecule has 8 nitrogen and oxygen atoms in total. The van der Waals surface area contributed by atoms with E-state index >= 15 is 0 Å². The van der Waals surface area contributed by atoms with Crippen molar-refractivity contribution in [2.75, 3.05) is 0 Å². The molecule has 0 spiro atoms. The molecule has 0 unspecified atom stereocenters. The summed E-state index contributed by atoms with van der Waals surface area (Å²) in [5.41, 5.74) is -0.688. The zero-order valence-corrected chi connectivity index (χ0v) is 10.0. The van der Waals surface area contributed by atoms with E-state index in [2.05, 4.69) is 10.2 Å². The van der Waals surface area contributed by atoms with Crippen LogP contribution in [0.4, 0.5) is 11.5 Å². The number of rotatable bonds is 2. The van der Waals surface area contributed by atoms with Gasteiger partial charge < -0.3 is 15.2 Å². The first-order chi connectivity index (χ1) is 5.54. The summed E-state index contributed by atoms with van der Waals surface area (Å²) in [6, 6.07) is 0. The topological polar surface area (TPSA) is 113 Å². The van der Waals surface area contributed by atoms with E-state index in [-0.39, 0.29) is 57.1 Å².